The minimum Gasteiger partial charge on any atom is -0.450 e. The van der Waals surface area contributed by atoms with Gasteiger partial charge in [0.1, 0.15) is 0 Å². The fourth-order valence-corrected chi connectivity index (χ4v) is 3.71. The molecule has 1 fully saturated rings. The van der Waals surface area contributed by atoms with E-state index in [0.717, 1.165) is 21.6 Å². The van der Waals surface area contributed by atoms with Gasteiger partial charge in [0.05, 0.1) is 12.3 Å². The molecule has 2 aliphatic rings. The summed E-state index contributed by atoms with van der Waals surface area (Å²) in [6, 6.07) is 9.16. The SMILES string of the molecule is [2H]C1([2H])CN(C(=O)OCC)CC([2H])([2H])C1=C1c2ccc(Cl)cc2CCc2cccnc21. The van der Waals surface area contributed by atoms with Gasteiger partial charge < -0.3 is 9.64 Å². The predicted molar refractivity (Wildman–Crippen MR) is 107 cm³/mol. The van der Waals surface area contributed by atoms with Crippen molar-refractivity contribution in [3.63, 3.8) is 0 Å². The number of carbonyl (C=O) groups excluding carboxylic acids is 1. The summed E-state index contributed by atoms with van der Waals surface area (Å²) in [7, 11) is 0. The molecule has 0 spiro atoms. The number of ether oxygens (including phenoxy) is 1. The van der Waals surface area contributed by atoms with E-state index in [1.54, 1.807) is 19.2 Å². The molecule has 1 aliphatic heterocycles. The molecule has 0 bridgehead atoms. The first-order chi connectivity index (χ1) is 14.6. The van der Waals surface area contributed by atoms with Crippen LogP contribution in [0, 0.1) is 0 Å². The molecule has 2 heterocycles. The normalized spacial score (nSPS) is 22.4. The molecule has 0 atom stereocenters. The number of aromatic nitrogens is 1. The maximum Gasteiger partial charge on any atom is 0.409 e. The summed E-state index contributed by atoms with van der Waals surface area (Å²) in [4.78, 5) is 17.9. The number of hydrogen-bond donors (Lipinski definition) is 0. The number of aryl methyl sites for hydroxylation is 2. The van der Waals surface area contributed by atoms with Gasteiger partial charge in [-0.15, -0.1) is 0 Å². The molecule has 1 aromatic carbocycles. The van der Waals surface area contributed by atoms with Crippen molar-refractivity contribution in [1.82, 2.24) is 9.88 Å². The summed E-state index contributed by atoms with van der Waals surface area (Å²) in [5, 5.41) is 0.574. The summed E-state index contributed by atoms with van der Waals surface area (Å²) in [5.74, 6) is 0. The number of carbonyl (C=O) groups is 1. The Morgan fingerprint density at radius 1 is 1.26 bits per heavy atom. The maximum absolute atomic E-state index is 12.3. The van der Waals surface area contributed by atoms with Crippen molar-refractivity contribution in [2.24, 2.45) is 0 Å². The number of likely N-dealkylation sites (tertiary alicyclic amines) is 1. The van der Waals surface area contributed by atoms with Crippen LogP contribution in [0.15, 0.2) is 42.1 Å². The third-order valence-electron chi connectivity index (χ3n) is 4.80. The lowest BCUT2D eigenvalue weighted by Gasteiger charge is -2.29. The molecular weight excluding hydrogens is 360 g/mol. The molecule has 0 unspecified atom stereocenters. The first-order valence-electron chi connectivity index (χ1n) is 11.0. The lowest BCUT2D eigenvalue weighted by atomic mass is 9.88. The second-order valence-corrected chi connectivity index (χ2v) is 6.91. The van der Waals surface area contributed by atoms with Gasteiger partial charge in [0, 0.05) is 35.4 Å². The van der Waals surface area contributed by atoms with Gasteiger partial charge in [-0.3, -0.25) is 4.98 Å². The van der Waals surface area contributed by atoms with Gasteiger partial charge in [-0.2, -0.15) is 0 Å². The minimum atomic E-state index is -2.13. The summed E-state index contributed by atoms with van der Waals surface area (Å²) in [5.41, 5.74) is 3.62. The van der Waals surface area contributed by atoms with Crippen molar-refractivity contribution < 1.29 is 15.0 Å². The van der Waals surface area contributed by atoms with Crippen LogP contribution in [0.3, 0.4) is 0 Å². The molecule has 1 amide bonds. The number of halogens is 1. The molecule has 0 N–H and O–H groups in total. The lowest BCUT2D eigenvalue weighted by molar-refractivity contribution is 0.104. The van der Waals surface area contributed by atoms with Gasteiger partial charge in [-0.1, -0.05) is 29.3 Å². The zero-order chi connectivity index (χ0) is 22.4. The summed E-state index contributed by atoms with van der Waals surface area (Å²) >= 11 is 6.23. The predicted octanol–water partition coefficient (Wildman–Crippen LogP) is 4.89. The fraction of sp³-hybridized carbons (Fsp3) is 0.364. The van der Waals surface area contributed by atoms with Gasteiger partial charge in [-0.25, -0.2) is 4.79 Å². The van der Waals surface area contributed by atoms with Gasteiger partial charge in [-0.05, 0) is 67.4 Å². The van der Waals surface area contributed by atoms with Crippen molar-refractivity contribution >= 4 is 23.3 Å². The van der Waals surface area contributed by atoms with E-state index >= 15 is 0 Å². The van der Waals surface area contributed by atoms with E-state index in [1.165, 1.54) is 0 Å². The number of amides is 1. The fourth-order valence-electron chi connectivity index (χ4n) is 3.52. The lowest BCUT2D eigenvalue weighted by Crippen LogP contribution is -2.37. The third kappa shape index (κ3) is 3.59. The Labute approximate surface area is 170 Å². The summed E-state index contributed by atoms with van der Waals surface area (Å²) in [6.07, 6.45) is -1.95. The van der Waals surface area contributed by atoms with Crippen LogP contribution in [0.25, 0.3) is 5.57 Å². The molecule has 5 heteroatoms. The Hall–Kier alpha value is -2.33. The molecule has 4 nitrogen and oxygen atoms in total. The number of hydrogen-bond acceptors (Lipinski definition) is 3. The van der Waals surface area contributed by atoms with Crippen LogP contribution in [0.1, 0.15) is 47.5 Å². The van der Waals surface area contributed by atoms with Gasteiger partial charge in [0.2, 0.25) is 0 Å². The van der Waals surface area contributed by atoms with E-state index in [-0.39, 0.29) is 25.3 Å². The molecular formula is C22H23ClN2O2. The molecule has 1 aliphatic carbocycles. The van der Waals surface area contributed by atoms with Gasteiger partial charge in [0.15, 0.2) is 0 Å². The Morgan fingerprint density at radius 3 is 2.81 bits per heavy atom. The summed E-state index contributed by atoms with van der Waals surface area (Å²) in [6.45, 7) is 1.21. The average molecular weight is 387 g/mol. The van der Waals surface area contributed by atoms with Crippen LogP contribution in [0.4, 0.5) is 4.79 Å². The van der Waals surface area contributed by atoms with Crippen molar-refractivity contribution in [3.05, 3.63) is 69.5 Å². The van der Waals surface area contributed by atoms with Crippen LogP contribution in [-0.4, -0.2) is 35.7 Å². The first kappa shape index (κ1) is 13.8. The van der Waals surface area contributed by atoms with Crippen molar-refractivity contribution in [2.45, 2.75) is 32.5 Å². The monoisotopic (exact) mass is 386 g/mol. The smallest absolute Gasteiger partial charge is 0.409 e. The maximum atomic E-state index is 12.3. The van der Waals surface area contributed by atoms with Crippen LogP contribution >= 0.6 is 11.6 Å². The zero-order valence-corrected chi connectivity index (χ0v) is 15.8. The van der Waals surface area contributed by atoms with Gasteiger partial charge in [0.25, 0.3) is 0 Å². The standard InChI is InChI=1S/C22H23ClN2O2/c1-2-27-22(26)25-12-9-15(10-13-25)20-19-8-7-18(23)14-17(19)6-5-16-4-3-11-24-21(16)20/h3-4,7-8,11,14H,2,5-6,9-10,12-13H2,1H3/i9D2,10D2. The first-order valence-corrected chi connectivity index (χ1v) is 9.42. The highest BCUT2D eigenvalue weighted by Crippen LogP contribution is 2.38. The Balaban J connectivity index is 1.98. The molecule has 140 valence electrons. The molecule has 0 radical (unpaired) electrons. The van der Waals surface area contributed by atoms with Crippen LogP contribution in [-0.2, 0) is 17.6 Å². The number of fused-ring (bicyclic) bond motifs is 2. The Bertz CT molecular complexity index is 1050. The highest BCUT2D eigenvalue weighted by atomic mass is 35.5. The number of piperidine rings is 1. The van der Waals surface area contributed by atoms with Crippen LogP contribution in [0.5, 0.6) is 0 Å². The van der Waals surface area contributed by atoms with E-state index in [2.05, 4.69) is 4.98 Å². The van der Waals surface area contributed by atoms with E-state index in [9.17, 15) is 4.79 Å². The van der Waals surface area contributed by atoms with Gasteiger partial charge >= 0.3 is 6.09 Å². The van der Waals surface area contributed by atoms with E-state index in [4.69, 9.17) is 21.8 Å². The van der Waals surface area contributed by atoms with Crippen LogP contribution < -0.4 is 0 Å². The minimum absolute atomic E-state index is 0.00553. The Morgan fingerprint density at radius 2 is 2.04 bits per heavy atom. The van der Waals surface area contributed by atoms with Crippen molar-refractivity contribution in [2.75, 3.05) is 19.7 Å². The molecule has 1 aromatic heterocycles. The average Bonchev–Trinajstić information content (AvgIpc) is 2.84. The molecule has 2 aromatic rings. The Kier molecular flexibility index (Phi) is 3.95. The number of rotatable bonds is 1. The quantitative estimate of drug-likeness (QED) is 0.700. The molecule has 1 saturated heterocycles. The number of nitrogens with zero attached hydrogens (tertiary/aromatic N) is 2. The molecule has 0 saturated carbocycles. The number of benzene rings is 1. The van der Waals surface area contributed by atoms with Crippen molar-refractivity contribution in [1.29, 1.82) is 0 Å². The third-order valence-corrected chi connectivity index (χ3v) is 5.03. The highest BCUT2D eigenvalue weighted by Gasteiger charge is 2.26. The van der Waals surface area contributed by atoms with Crippen molar-refractivity contribution in [3.8, 4) is 0 Å². The van der Waals surface area contributed by atoms with Crippen LogP contribution in [0.2, 0.25) is 5.02 Å². The summed E-state index contributed by atoms with van der Waals surface area (Å²) < 4.78 is 40.2. The van der Waals surface area contributed by atoms with E-state index in [0.29, 0.717) is 29.1 Å². The van der Waals surface area contributed by atoms with E-state index < -0.39 is 18.8 Å². The highest BCUT2D eigenvalue weighted by molar-refractivity contribution is 6.30. The molecule has 27 heavy (non-hydrogen) atoms. The second-order valence-electron chi connectivity index (χ2n) is 6.47. The largest absolute Gasteiger partial charge is 0.450 e. The topological polar surface area (TPSA) is 42.4 Å². The van der Waals surface area contributed by atoms with E-state index in [1.807, 2.05) is 24.3 Å². The number of pyridine rings is 1. The second kappa shape index (κ2) is 7.73. The zero-order valence-electron chi connectivity index (χ0n) is 19.1. The molecule has 4 rings (SSSR count).